The molecular formula is C38H48MnN4-2. The normalized spacial score (nSPS) is 18.5. The van der Waals surface area contributed by atoms with E-state index in [0.29, 0.717) is 12.1 Å². The monoisotopic (exact) mass is 615 g/mol. The zero-order valence-electron chi connectivity index (χ0n) is 26.9. The maximum atomic E-state index is 4.93. The van der Waals surface area contributed by atoms with Gasteiger partial charge in [0, 0.05) is 65.8 Å². The smallest absolute Gasteiger partial charge is 0.0544 e. The van der Waals surface area contributed by atoms with E-state index in [4.69, 9.17) is 9.97 Å². The third-order valence-electron chi connectivity index (χ3n) is 9.19. The maximum Gasteiger partial charge on any atom is 0.0544 e. The van der Waals surface area contributed by atoms with E-state index < -0.39 is 0 Å². The van der Waals surface area contributed by atoms with Gasteiger partial charge in [-0.05, 0) is 112 Å². The predicted octanol–water partition coefficient (Wildman–Crippen LogP) is 8.57. The largest absolute Gasteiger partial charge is 0.358 e. The number of rotatable bonds is 7. The molecule has 0 aliphatic carbocycles. The number of benzene rings is 2. The summed E-state index contributed by atoms with van der Waals surface area (Å²) in [5.41, 5.74) is 12.7. The number of hydrogen-bond donors (Lipinski definition) is 0. The van der Waals surface area contributed by atoms with Crippen molar-refractivity contribution in [1.82, 2.24) is 19.8 Å². The van der Waals surface area contributed by atoms with E-state index in [0.717, 1.165) is 26.2 Å². The Hall–Kier alpha value is -2.82. The molecular weight excluding hydrogens is 567 g/mol. The van der Waals surface area contributed by atoms with Gasteiger partial charge in [-0.15, -0.1) is 0 Å². The van der Waals surface area contributed by atoms with Crippen LogP contribution in [0.15, 0.2) is 73.1 Å². The fourth-order valence-electron chi connectivity index (χ4n) is 7.26. The Morgan fingerprint density at radius 3 is 1.28 bits per heavy atom. The van der Waals surface area contributed by atoms with Gasteiger partial charge in [0.15, 0.2) is 0 Å². The molecule has 4 heterocycles. The molecule has 0 saturated carbocycles. The molecule has 0 spiro atoms. The van der Waals surface area contributed by atoms with Crippen molar-refractivity contribution in [2.75, 3.05) is 13.1 Å². The van der Waals surface area contributed by atoms with Crippen LogP contribution in [0, 0.1) is 42.5 Å². The van der Waals surface area contributed by atoms with Crippen LogP contribution in [0.3, 0.4) is 0 Å². The van der Waals surface area contributed by atoms with Crippen LogP contribution in [0.1, 0.15) is 59.3 Å². The third-order valence-corrected chi connectivity index (χ3v) is 9.19. The Labute approximate surface area is 271 Å². The summed E-state index contributed by atoms with van der Waals surface area (Å²) in [5.74, 6) is 0. The molecule has 2 unspecified atom stereocenters. The average molecular weight is 616 g/mol. The van der Waals surface area contributed by atoms with Gasteiger partial charge < -0.3 is 14.9 Å². The Morgan fingerprint density at radius 2 is 0.953 bits per heavy atom. The van der Waals surface area contributed by atoms with Crippen molar-refractivity contribution in [1.29, 1.82) is 0 Å². The van der Waals surface area contributed by atoms with Gasteiger partial charge in [0.1, 0.15) is 0 Å². The van der Waals surface area contributed by atoms with Crippen molar-refractivity contribution in [2.45, 2.75) is 78.6 Å². The second-order valence-electron chi connectivity index (χ2n) is 12.0. The second-order valence-corrected chi connectivity index (χ2v) is 12.0. The van der Waals surface area contributed by atoms with E-state index >= 15 is 0 Å². The minimum absolute atomic E-state index is 0. The molecule has 6 rings (SSSR count). The van der Waals surface area contributed by atoms with Crippen molar-refractivity contribution in [3.8, 4) is 22.3 Å². The molecule has 0 N–H and O–H groups in total. The van der Waals surface area contributed by atoms with E-state index in [2.05, 4.69) is 111 Å². The van der Waals surface area contributed by atoms with Crippen LogP contribution in [0.25, 0.3) is 22.3 Å². The van der Waals surface area contributed by atoms with Gasteiger partial charge in [-0.3, -0.25) is 19.8 Å². The first-order chi connectivity index (χ1) is 19.5. The Bertz CT molecular complexity index is 1310. The van der Waals surface area contributed by atoms with Crippen molar-refractivity contribution < 1.29 is 17.1 Å². The van der Waals surface area contributed by atoms with Crippen LogP contribution in [0.2, 0.25) is 0 Å². The Morgan fingerprint density at radius 1 is 0.581 bits per heavy atom. The van der Waals surface area contributed by atoms with Gasteiger partial charge in [-0.2, -0.15) is 0 Å². The number of hydrogen-bond acceptors (Lipinski definition) is 4. The Kier molecular flexibility index (Phi) is 12.3. The summed E-state index contributed by atoms with van der Waals surface area (Å²) in [4.78, 5) is 15.2. The van der Waals surface area contributed by atoms with Crippen molar-refractivity contribution in [2.24, 2.45) is 0 Å². The molecule has 4 nitrogen and oxygen atoms in total. The summed E-state index contributed by atoms with van der Waals surface area (Å²) in [7, 11) is 0. The summed E-state index contributed by atoms with van der Waals surface area (Å²) in [6.45, 7) is 13.0. The van der Waals surface area contributed by atoms with Gasteiger partial charge in [-0.1, -0.05) is 48.5 Å². The van der Waals surface area contributed by atoms with Gasteiger partial charge in [0.05, 0.1) is 11.4 Å². The Balaban J connectivity index is 0.00000169. The zero-order valence-corrected chi connectivity index (χ0v) is 28.1. The first-order valence-electron chi connectivity index (χ1n) is 15.0. The maximum absolute atomic E-state index is 4.93. The molecule has 5 heteroatoms. The van der Waals surface area contributed by atoms with Crippen LogP contribution in [-0.4, -0.2) is 44.9 Å². The molecule has 2 aromatic carbocycles. The fourth-order valence-corrected chi connectivity index (χ4v) is 7.26. The molecule has 0 bridgehead atoms. The van der Waals surface area contributed by atoms with Crippen LogP contribution >= 0.6 is 0 Å². The number of aromatic nitrogens is 2. The van der Waals surface area contributed by atoms with E-state index in [9.17, 15) is 0 Å². The number of likely N-dealkylation sites (tertiary alicyclic amines) is 2. The van der Waals surface area contributed by atoms with Gasteiger partial charge in [0.25, 0.3) is 0 Å². The van der Waals surface area contributed by atoms with Crippen molar-refractivity contribution in [3.63, 3.8) is 0 Å². The fraction of sp³-hybridized carbons (Fsp3) is 0.368. The summed E-state index contributed by atoms with van der Waals surface area (Å²) < 4.78 is 0. The molecule has 4 aromatic rings. The molecule has 2 aromatic heterocycles. The third kappa shape index (κ3) is 7.46. The van der Waals surface area contributed by atoms with Crippen LogP contribution in [-0.2, 0) is 30.2 Å². The minimum atomic E-state index is 0. The van der Waals surface area contributed by atoms with E-state index in [1.807, 2.05) is 0 Å². The molecule has 229 valence electrons. The molecule has 2 saturated heterocycles. The number of pyridine rings is 2. The van der Waals surface area contributed by atoms with Crippen molar-refractivity contribution in [3.05, 3.63) is 122 Å². The second kappa shape index (κ2) is 15.3. The molecule has 2 atom stereocenters. The van der Waals surface area contributed by atoms with E-state index in [-0.39, 0.29) is 31.9 Å². The topological polar surface area (TPSA) is 32.3 Å². The molecule has 0 amide bonds. The number of aryl methyl sites for hydroxylation is 4. The molecule has 2 fully saturated rings. The van der Waals surface area contributed by atoms with Gasteiger partial charge >= 0.3 is 0 Å². The summed E-state index contributed by atoms with van der Waals surface area (Å²) in [5, 5.41) is 0. The minimum Gasteiger partial charge on any atom is -0.358 e. The van der Waals surface area contributed by atoms with Crippen LogP contribution in [0.5, 0.6) is 0 Å². The standard InChI is InChI=1S/C36H42N4.2CH3.Mn/c1-25-9-5-10-26(2)35(25)29-15-17-31(37-21-29)23-39-19-7-13-33(39)34-14-8-20-40(34)24-32-18-16-30(22-38-32)36-27(3)11-6-12-28(36)4;;;/h5-6,9-12,15-18,21-22,33-34H,7-8,13-14,19-20,23-24H2,1-4H3;2*1H3;/q;2*-1;. The van der Waals surface area contributed by atoms with Crippen LogP contribution in [0.4, 0.5) is 0 Å². The van der Waals surface area contributed by atoms with E-state index in [1.54, 1.807) is 0 Å². The van der Waals surface area contributed by atoms with Crippen LogP contribution < -0.4 is 0 Å². The summed E-state index contributed by atoms with van der Waals surface area (Å²) in [6, 6.07) is 23.2. The molecule has 43 heavy (non-hydrogen) atoms. The summed E-state index contributed by atoms with van der Waals surface area (Å²) >= 11 is 0. The SMILES string of the molecule is Cc1cccc(C)c1-c1ccc(CN2CCCC2C2CCCN2Cc2ccc(-c3c(C)cccc3C)cn2)nc1.[CH3-].[CH3-].[Mn]. The first kappa shape index (κ1) is 34.7. The van der Waals surface area contributed by atoms with Gasteiger partial charge in [0.2, 0.25) is 0 Å². The first-order valence-corrected chi connectivity index (χ1v) is 15.0. The van der Waals surface area contributed by atoms with E-state index in [1.165, 1.54) is 81.6 Å². The zero-order chi connectivity index (χ0) is 27.6. The van der Waals surface area contributed by atoms with Crippen molar-refractivity contribution >= 4 is 0 Å². The number of nitrogens with zero attached hydrogens (tertiary/aromatic N) is 4. The average Bonchev–Trinajstić information content (AvgIpc) is 3.59. The predicted molar refractivity (Wildman–Crippen MR) is 178 cm³/mol. The van der Waals surface area contributed by atoms with Gasteiger partial charge in [-0.25, -0.2) is 0 Å². The summed E-state index contributed by atoms with van der Waals surface area (Å²) in [6.07, 6.45) is 9.26. The molecule has 2 aliphatic heterocycles. The quantitative estimate of drug-likeness (QED) is 0.154. The molecule has 1 radical (unpaired) electrons. The molecule has 2 aliphatic rings.